The quantitative estimate of drug-likeness (QED) is 0.617. The number of carboxylic acid groups (broad SMARTS) is 1. The van der Waals surface area contributed by atoms with Crippen molar-refractivity contribution in [1.82, 2.24) is 0 Å². The first-order valence-corrected chi connectivity index (χ1v) is 9.68. The van der Waals surface area contributed by atoms with Gasteiger partial charge in [0, 0.05) is 12.3 Å². The molecule has 4 heteroatoms. The Morgan fingerprint density at radius 3 is 2.80 bits per heavy atom. The predicted octanol–water partition coefficient (Wildman–Crippen LogP) is 3.46. The summed E-state index contributed by atoms with van der Waals surface area (Å²) in [6.07, 6.45) is 16.6. The number of allylic oxidation sites excluding steroid dienone is 4. The van der Waals surface area contributed by atoms with Gasteiger partial charge in [-0.25, -0.2) is 0 Å². The summed E-state index contributed by atoms with van der Waals surface area (Å²) in [4.78, 5) is 10.6. The number of aliphatic carboxylic acids is 1. The van der Waals surface area contributed by atoms with E-state index in [9.17, 15) is 15.0 Å². The molecule has 5 atom stereocenters. The molecule has 0 aromatic rings. The van der Waals surface area contributed by atoms with Crippen molar-refractivity contribution >= 4 is 5.97 Å². The van der Waals surface area contributed by atoms with Crippen molar-refractivity contribution in [2.75, 3.05) is 0 Å². The van der Waals surface area contributed by atoms with Gasteiger partial charge in [0.1, 0.15) is 0 Å². The molecule has 0 unspecified atom stereocenters. The molecule has 3 aliphatic carbocycles. The highest BCUT2D eigenvalue weighted by molar-refractivity contribution is 5.66. The Morgan fingerprint density at radius 2 is 2.08 bits per heavy atom. The van der Waals surface area contributed by atoms with Gasteiger partial charge in [-0.3, -0.25) is 4.79 Å². The minimum atomic E-state index is -0.768. The summed E-state index contributed by atoms with van der Waals surface area (Å²) in [5.41, 5.74) is 1.25. The first kappa shape index (κ1) is 18.4. The molecule has 3 rings (SSSR count). The summed E-state index contributed by atoms with van der Waals surface area (Å²) in [7, 11) is 0. The van der Waals surface area contributed by atoms with Crippen molar-refractivity contribution in [2.45, 2.75) is 63.6 Å². The van der Waals surface area contributed by atoms with Crippen LogP contribution in [-0.4, -0.2) is 33.5 Å². The molecule has 0 aromatic heterocycles. The van der Waals surface area contributed by atoms with E-state index >= 15 is 0 Å². The summed E-state index contributed by atoms with van der Waals surface area (Å²) >= 11 is 0. The Balaban J connectivity index is 1.54. The van der Waals surface area contributed by atoms with E-state index in [2.05, 4.69) is 12.2 Å². The van der Waals surface area contributed by atoms with E-state index in [0.29, 0.717) is 24.2 Å². The molecule has 2 saturated carbocycles. The van der Waals surface area contributed by atoms with Crippen molar-refractivity contribution in [3.8, 4) is 0 Å². The Bertz CT molecular complexity index is 556. The monoisotopic (exact) mass is 346 g/mol. The number of aliphatic hydroxyl groups is 2. The Hall–Kier alpha value is -1.39. The molecule has 4 nitrogen and oxygen atoms in total. The van der Waals surface area contributed by atoms with Gasteiger partial charge in [-0.2, -0.15) is 0 Å². The second-order valence-corrected chi connectivity index (χ2v) is 7.91. The number of hydrogen-bond donors (Lipinski definition) is 3. The maximum absolute atomic E-state index is 10.6. The maximum Gasteiger partial charge on any atom is 0.303 e. The van der Waals surface area contributed by atoms with Gasteiger partial charge in [0.05, 0.1) is 12.2 Å². The molecule has 25 heavy (non-hydrogen) atoms. The van der Waals surface area contributed by atoms with E-state index in [0.717, 1.165) is 25.7 Å². The average Bonchev–Trinajstić information content (AvgIpc) is 3.26. The number of hydrogen-bond acceptors (Lipinski definition) is 3. The average molecular weight is 346 g/mol. The fourth-order valence-electron chi connectivity index (χ4n) is 4.81. The maximum atomic E-state index is 10.6. The van der Waals surface area contributed by atoms with E-state index in [1.54, 1.807) is 0 Å². The fourth-order valence-corrected chi connectivity index (χ4v) is 4.81. The third-order valence-corrected chi connectivity index (χ3v) is 6.17. The van der Waals surface area contributed by atoms with Gasteiger partial charge < -0.3 is 15.3 Å². The Labute approximate surface area is 149 Å². The molecule has 0 bridgehead atoms. The van der Waals surface area contributed by atoms with Gasteiger partial charge in [0.25, 0.3) is 0 Å². The van der Waals surface area contributed by atoms with Crippen LogP contribution in [0.5, 0.6) is 0 Å². The molecule has 0 aliphatic heterocycles. The number of carbonyl (C=O) groups is 1. The summed E-state index contributed by atoms with van der Waals surface area (Å²) in [6, 6.07) is 0. The number of fused-ring (bicyclic) bond motifs is 1. The third-order valence-electron chi connectivity index (χ3n) is 6.17. The van der Waals surface area contributed by atoms with Gasteiger partial charge in [0.15, 0.2) is 0 Å². The summed E-state index contributed by atoms with van der Waals surface area (Å²) in [6.45, 7) is 0. The molecule has 0 saturated heterocycles. The highest BCUT2D eigenvalue weighted by Crippen LogP contribution is 2.47. The van der Waals surface area contributed by atoms with E-state index in [-0.39, 0.29) is 24.5 Å². The molecule has 138 valence electrons. The van der Waals surface area contributed by atoms with Gasteiger partial charge in [-0.1, -0.05) is 48.8 Å². The first-order valence-electron chi connectivity index (χ1n) is 9.68. The molecular weight excluding hydrogens is 316 g/mol. The van der Waals surface area contributed by atoms with Crippen LogP contribution in [-0.2, 0) is 4.79 Å². The summed E-state index contributed by atoms with van der Waals surface area (Å²) in [5.74, 6) is 0.534. The van der Waals surface area contributed by atoms with Crippen LogP contribution in [0.15, 0.2) is 36.0 Å². The number of aliphatic hydroxyl groups excluding tert-OH is 2. The lowest BCUT2D eigenvalue weighted by atomic mass is 9.88. The van der Waals surface area contributed by atoms with Crippen molar-refractivity contribution in [2.24, 2.45) is 23.7 Å². The third kappa shape index (κ3) is 4.62. The standard InChI is InChI=1S/C21H30O4/c22-19(15-6-2-3-7-15)10-9-17-18-12-14(5-1-4-8-21(24)25)11-16(18)13-20(17)23/h1,5,9-11,15-20,22-23H,2-4,6-8,12-13H2,(H,24,25)/t16-,17-,18-,19+,20+/m0/s1. The van der Waals surface area contributed by atoms with E-state index in [1.165, 1.54) is 18.4 Å². The normalized spacial score (nSPS) is 34.1. The molecular formula is C21H30O4. The highest BCUT2D eigenvalue weighted by atomic mass is 16.4. The Morgan fingerprint density at radius 1 is 1.32 bits per heavy atom. The Kier molecular flexibility index (Phi) is 6.13. The van der Waals surface area contributed by atoms with E-state index in [1.807, 2.05) is 18.2 Å². The van der Waals surface area contributed by atoms with Crippen molar-refractivity contribution in [1.29, 1.82) is 0 Å². The second-order valence-electron chi connectivity index (χ2n) is 7.91. The molecule has 0 radical (unpaired) electrons. The topological polar surface area (TPSA) is 77.8 Å². The molecule has 3 aliphatic rings. The minimum Gasteiger partial charge on any atom is -0.481 e. The van der Waals surface area contributed by atoms with Gasteiger partial charge >= 0.3 is 5.97 Å². The summed E-state index contributed by atoms with van der Waals surface area (Å²) < 4.78 is 0. The van der Waals surface area contributed by atoms with Crippen LogP contribution in [0, 0.1) is 23.7 Å². The van der Waals surface area contributed by atoms with Gasteiger partial charge in [-0.05, 0) is 49.9 Å². The van der Waals surface area contributed by atoms with Crippen molar-refractivity contribution in [3.05, 3.63) is 36.0 Å². The molecule has 0 amide bonds. The second kappa shape index (κ2) is 8.33. The van der Waals surface area contributed by atoms with Crippen LogP contribution >= 0.6 is 0 Å². The van der Waals surface area contributed by atoms with Crippen LogP contribution in [0.3, 0.4) is 0 Å². The zero-order chi connectivity index (χ0) is 17.8. The van der Waals surface area contributed by atoms with Crippen molar-refractivity contribution in [3.63, 3.8) is 0 Å². The van der Waals surface area contributed by atoms with Crippen LogP contribution in [0.1, 0.15) is 51.4 Å². The predicted molar refractivity (Wildman–Crippen MR) is 96.9 cm³/mol. The van der Waals surface area contributed by atoms with Crippen LogP contribution in [0.25, 0.3) is 0 Å². The largest absolute Gasteiger partial charge is 0.481 e. The molecule has 0 aromatic carbocycles. The fraction of sp³-hybridized carbons (Fsp3) is 0.667. The van der Waals surface area contributed by atoms with Gasteiger partial charge in [-0.15, -0.1) is 0 Å². The van der Waals surface area contributed by atoms with Crippen molar-refractivity contribution < 1.29 is 20.1 Å². The zero-order valence-electron chi connectivity index (χ0n) is 14.8. The molecule has 0 heterocycles. The zero-order valence-corrected chi connectivity index (χ0v) is 14.8. The molecule has 0 spiro atoms. The minimum absolute atomic E-state index is 0.113. The SMILES string of the molecule is O=C(O)CCC=CC1=C[C@H]2C[C@@H](O)[C@@H](C=C[C@@H](O)C3CCCC3)[C@H]2C1. The number of rotatable bonds is 7. The lowest BCUT2D eigenvalue weighted by molar-refractivity contribution is -0.136. The number of carboxylic acids is 1. The lowest BCUT2D eigenvalue weighted by Gasteiger charge is -2.19. The summed E-state index contributed by atoms with van der Waals surface area (Å²) in [5, 5.41) is 29.4. The lowest BCUT2D eigenvalue weighted by Crippen LogP contribution is -2.19. The van der Waals surface area contributed by atoms with E-state index < -0.39 is 5.97 Å². The molecule has 3 N–H and O–H groups in total. The smallest absolute Gasteiger partial charge is 0.303 e. The van der Waals surface area contributed by atoms with Crippen LogP contribution in [0.4, 0.5) is 0 Å². The first-order chi connectivity index (χ1) is 12.0. The van der Waals surface area contributed by atoms with E-state index in [4.69, 9.17) is 5.11 Å². The van der Waals surface area contributed by atoms with Gasteiger partial charge in [0.2, 0.25) is 0 Å². The highest BCUT2D eigenvalue weighted by Gasteiger charge is 2.43. The van der Waals surface area contributed by atoms with Crippen LogP contribution < -0.4 is 0 Å². The molecule has 2 fully saturated rings. The van der Waals surface area contributed by atoms with Crippen LogP contribution in [0.2, 0.25) is 0 Å².